The predicted molar refractivity (Wildman–Crippen MR) is 120 cm³/mol. The number of ether oxygens (including phenoxy) is 1. The van der Waals surface area contributed by atoms with Crippen LogP contribution in [0.4, 0.5) is 4.39 Å². The summed E-state index contributed by atoms with van der Waals surface area (Å²) in [6, 6.07) is 14.9. The fraction of sp³-hybridized carbons (Fsp3) is 0.280. The molecule has 5 rings (SSSR count). The quantitative estimate of drug-likeness (QED) is 0.462. The average molecular weight is 432 g/mol. The maximum Gasteiger partial charge on any atom is 0.325 e. The van der Waals surface area contributed by atoms with Gasteiger partial charge in [0.05, 0.1) is 13.3 Å². The highest BCUT2D eigenvalue weighted by molar-refractivity contribution is 5.85. The zero-order chi connectivity index (χ0) is 22.1. The Kier molecular flexibility index (Phi) is 5.49. The Labute approximate surface area is 185 Å². The molecule has 2 aromatic heterocycles. The first-order chi connectivity index (χ1) is 15.7. The number of para-hydroxylation sites is 2. The van der Waals surface area contributed by atoms with E-state index in [4.69, 9.17) is 4.74 Å². The maximum absolute atomic E-state index is 14.3. The number of rotatable bonds is 6. The molecule has 0 radical (unpaired) electrons. The number of methoxy groups -OCH3 is 1. The fourth-order valence-electron chi connectivity index (χ4n) is 4.63. The van der Waals surface area contributed by atoms with Gasteiger partial charge in [-0.2, -0.15) is 5.10 Å². The van der Waals surface area contributed by atoms with Crippen LogP contribution in [0.3, 0.4) is 0 Å². The molecule has 2 aromatic carbocycles. The third-order valence-electron chi connectivity index (χ3n) is 6.20. The minimum absolute atomic E-state index is 0.141. The summed E-state index contributed by atoms with van der Waals surface area (Å²) in [5.41, 5.74) is 4.80. The second-order valence-corrected chi connectivity index (χ2v) is 8.11. The first-order valence-corrected chi connectivity index (χ1v) is 10.8. The molecule has 0 bridgehead atoms. The van der Waals surface area contributed by atoms with Crippen LogP contribution in [0.2, 0.25) is 0 Å². The molecule has 0 saturated heterocycles. The standard InChI is InChI=1S/C25H25FN4O2/c1-32-25(31)16-29-15-17(18-7-2-4-10-22(18)29)13-27-21-9-6-12-23-19(21)14-28-30(23)24-11-5-3-8-20(24)26/h2-5,7-8,10-11,14-15,21,27H,6,9,12-13,16H2,1H3. The maximum atomic E-state index is 14.3. The molecule has 1 unspecified atom stereocenters. The van der Waals surface area contributed by atoms with Gasteiger partial charge in [-0.1, -0.05) is 30.3 Å². The number of nitrogens with one attached hydrogen (secondary N) is 1. The molecule has 4 aromatic rings. The van der Waals surface area contributed by atoms with Gasteiger partial charge in [0, 0.05) is 40.9 Å². The number of nitrogens with zero attached hydrogens (tertiary/aromatic N) is 3. The number of carbonyl (C=O) groups excluding carboxylic acids is 1. The largest absolute Gasteiger partial charge is 0.468 e. The van der Waals surface area contributed by atoms with E-state index in [0.717, 1.165) is 47.0 Å². The van der Waals surface area contributed by atoms with Crippen molar-refractivity contribution in [1.82, 2.24) is 19.7 Å². The average Bonchev–Trinajstić information content (AvgIpc) is 3.40. The second-order valence-electron chi connectivity index (χ2n) is 8.11. The molecule has 0 saturated carbocycles. The Morgan fingerprint density at radius 1 is 1.22 bits per heavy atom. The van der Waals surface area contributed by atoms with Crippen LogP contribution in [0.25, 0.3) is 16.6 Å². The molecule has 6 nitrogen and oxygen atoms in total. The molecule has 0 aliphatic heterocycles. The first kappa shape index (κ1) is 20.5. The van der Waals surface area contributed by atoms with Gasteiger partial charge in [0.25, 0.3) is 0 Å². The predicted octanol–water partition coefficient (Wildman–Crippen LogP) is 4.31. The topological polar surface area (TPSA) is 61.1 Å². The molecular weight excluding hydrogens is 407 g/mol. The summed E-state index contributed by atoms with van der Waals surface area (Å²) >= 11 is 0. The monoisotopic (exact) mass is 432 g/mol. The second kappa shape index (κ2) is 8.59. The molecule has 7 heteroatoms. The summed E-state index contributed by atoms with van der Waals surface area (Å²) in [5.74, 6) is -0.547. The number of fused-ring (bicyclic) bond motifs is 2. The van der Waals surface area contributed by atoms with Gasteiger partial charge in [-0.25, -0.2) is 9.07 Å². The van der Waals surface area contributed by atoms with Crippen molar-refractivity contribution in [1.29, 1.82) is 0 Å². The molecule has 32 heavy (non-hydrogen) atoms. The lowest BCUT2D eigenvalue weighted by atomic mass is 9.92. The molecule has 2 heterocycles. The molecule has 0 spiro atoms. The number of hydrogen-bond donors (Lipinski definition) is 1. The van der Waals surface area contributed by atoms with E-state index < -0.39 is 0 Å². The highest BCUT2D eigenvalue weighted by atomic mass is 19.1. The van der Waals surface area contributed by atoms with E-state index in [2.05, 4.69) is 16.5 Å². The van der Waals surface area contributed by atoms with E-state index in [0.29, 0.717) is 12.2 Å². The van der Waals surface area contributed by atoms with Crippen molar-refractivity contribution in [3.8, 4) is 5.69 Å². The number of benzene rings is 2. The van der Waals surface area contributed by atoms with Crippen LogP contribution in [0.15, 0.2) is 60.9 Å². The molecule has 1 N–H and O–H groups in total. The summed E-state index contributed by atoms with van der Waals surface area (Å²) in [6.07, 6.45) is 6.76. The normalized spacial score (nSPS) is 15.6. The lowest BCUT2D eigenvalue weighted by Gasteiger charge is -2.24. The van der Waals surface area contributed by atoms with Crippen LogP contribution in [-0.4, -0.2) is 27.4 Å². The number of carbonyl (C=O) groups is 1. The van der Waals surface area contributed by atoms with Crippen molar-refractivity contribution in [2.75, 3.05) is 7.11 Å². The highest BCUT2D eigenvalue weighted by Gasteiger charge is 2.25. The van der Waals surface area contributed by atoms with E-state index >= 15 is 0 Å². The number of hydrogen-bond acceptors (Lipinski definition) is 4. The van der Waals surface area contributed by atoms with Gasteiger partial charge in [-0.05, 0) is 43.0 Å². The van der Waals surface area contributed by atoms with Crippen molar-refractivity contribution in [3.05, 3.63) is 83.6 Å². The minimum Gasteiger partial charge on any atom is -0.468 e. The van der Waals surface area contributed by atoms with Crippen molar-refractivity contribution in [3.63, 3.8) is 0 Å². The van der Waals surface area contributed by atoms with E-state index in [1.165, 1.54) is 13.2 Å². The summed E-state index contributed by atoms with van der Waals surface area (Å²) in [4.78, 5) is 11.8. The van der Waals surface area contributed by atoms with Gasteiger partial charge >= 0.3 is 5.97 Å². The molecule has 1 aliphatic carbocycles. The van der Waals surface area contributed by atoms with Crippen LogP contribution in [-0.2, 0) is 29.0 Å². The summed E-state index contributed by atoms with van der Waals surface area (Å²) in [7, 11) is 1.40. The van der Waals surface area contributed by atoms with Crippen LogP contribution in [0.5, 0.6) is 0 Å². The van der Waals surface area contributed by atoms with Crippen molar-refractivity contribution >= 4 is 16.9 Å². The van der Waals surface area contributed by atoms with Gasteiger partial charge in [-0.15, -0.1) is 0 Å². The molecule has 0 fully saturated rings. The minimum atomic E-state index is -0.275. The van der Waals surface area contributed by atoms with Gasteiger partial charge in [0.1, 0.15) is 18.0 Å². The highest BCUT2D eigenvalue weighted by Crippen LogP contribution is 2.32. The van der Waals surface area contributed by atoms with E-state index in [1.807, 2.05) is 41.2 Å². The lowest BCUT2D eigenvalue weighted by molar-refractivity contribution is -0.141. The SMILES string of the molecule is COC(=O)Cn1cc(CNC2CCCc3c2cnn3-c2ccccc2F)c2ccccc21. The van der Waals surface area contributed by atoms with Crippen LogP contribution < -0.4 is 5.32 Å². The number of aromatic nitrogens is 3. The van der Waals surface area contributed by atoms with Crippen LogP contribution in [0, 0.1) is 5.82 Å². The van der Waals surface area contributed by atoms with Gasteiger partial charge in [0.2, 0.25) is 0 Å². The summed E-state index contributed by atoms with van der Waals surface area (Å²) in [5, 5.41) is 9.29. The molecule has 164 valence electrons. The summed E-state index contributed by atoms with van der Waals surface area (Å²) < 4.78 is 22.9. The van der Waals surface area contributed by atoms with E-state index in [1.54, 1.807) is 16.8 Å². The Morgan fingerprint density at radius 2 is 2.03 bits per heavy atom. The number of halogens is 1. The molecule has 0 amide bonds. The third kappa shape index (κ3) is 3.69. The smallest absolute Gasteiger partial charge is 0.325 e. The Balaban J connectivity index is 1.40. The van der Waals surface area contributed by atoms with Crippen molar-refractivity contribution < 1.29 is 13.9 Å². The van der Waals surface area contributed by atoms with Crippen molar-refractivity contribution in [2.45, 2.75) is 38.4 Å². The first-order valence-electron chi connectivity index (χ1n) is 10.8. The Bertz CT molecular complexity index is 1280. The van der Waals surface area contributed by atoms with Gasteiger partial charge in [0.15, 0.2) is 0 Å². The van der Waals surface area contributed by atoms with E-state index in [-0.39, 0.29) is 24.4 Å². The Hall–Kier alpha value is -3.45. The fourth-order valence-corrected chi connectivity index (χ4v) is 4.63. The molecule has 1 atom stereocenters. The molecule has 1 aliphatic rings. The molecular formula is C25H25FN4O2. The summed E-state index contributed by atoms with van der Waals surface area (Å²) in [6.45, 7) is 0.837. The zero-order valence-electron chi connectivity index (χ0n) is 17.9. The number of esters is 1. The third-order valence-corrected chi connectivity index (χ3v) is 6.20. The van der Waals surface area contributed by atoms with Gasteiger partial charge in [-0.3, -0.25) is 4.79 Å². The lowest BCUT2D eigenvalue weighted by Crippen LogP contribution is -2.25. The van der Waals surface area contributed by atoms with Crippen molar-refractivity contribution in [2.24, 2.45) is 0 Å². The van der Waals surface area contributed by atoms with Gasteiger partial charge < -0.3 is 14.6 Å². The van der Waals surface area contributed by atoms with Crippen LogP contribution >= 0.6 is 0 Å². The zero-order valence-corrected chi connectivity index (χ0v) is 17.9. The van der Waals surface area contributed by atoms with Crippen LogP contribution in [0.1, 0.15) is 35.7 Å². The Morgan fingerprint density at radius 3 is 2.88 bits per heavy atom. The van der Waals surface area contributed by atoms with E-state index in [9.17, 15) is 9.18 Å².